The van der Waals surface area contributed by atoms with Crippen molar-refractivity contribution in [2.24, 2.45) is 0 Å². The molecule has 0 N–H and O–H groups in total. The van der Waals surface area contributed by atoms with Crippen LogP contribution in [0.25, 0.3) is 0 Å². The molecule has 2 aromatic rings. The Kier molecular flexibility index (Phi) is 4.54. The lowest BCUT2D eigenvalue weighted by Gasteiger charge is -2.34. The summed E-state index contributed by atoms with van der Waals surface area (Å²) in [5.74, 6) is 0. The zero-order valence-electron chi connectivity index (χ0n) is 12.4. The SMILES string of the molecule is O=S(=O)(c1ccccc1C(F)(F)F)N1CCN(c2nccs2)CC1. The Labute approximate surface area is 141 Å². The molecule has 1 aliphatic heterocycles. The van der Waals surface area contributed by atoms with Gasteiger partial charge in [-0.25, -0.2) is 13.4 Å². The molecule has 0 atom stereocenters. The summed E-state index contributed by atoms with van der Waals surface area (Å²) >= 11 is 1.44. The molecule has 24 heavy (non-hydrogen) atoms. The van der Waals surface area contributed by atoms with Crippen molar-refractivity contribution in [3.63, 3.8) is 0 Å². The third-order valence-corrected chi connectivity index (χ3v) is 6.53. The highest BCUT2D eigenvalue weighted by molar-refractivity contribution is 7.89. The predicted molar refractivity (Wildman–Crippen MR) is 84.5 cm³/mol. The Balaban J connectivity index is 1.83. The van der Waals surface area contributed by atoms with Crippen LogP contribution in [0.2, 0.25) is 0 Å². The molecule has 1 saturated heterocycles. The van der Waals surface area contributed by atoms with Crippen LogP contribution in [-0.4, -0.2) is 43.9 Å². The van der Waals surface area contributed by atoms with Crippen molar-refractivity contribution in [1.82, 2.24) is 9.29 Å². The zero-order valence-corrected chi connectivity index (χ0v) is 14.0. The molecule has 1 fully saturated rings. The van der Waals surface area contributed by atoms with E-state index in [1.165, 1.54) is 23.5 Å². The number of sulfonamides is 1. The van der Waals surface area contributed by atoms with E-state index in [1.54, 1.807) is 6.20 Å². The van der Waals surface area contributed by atoms with Gasteiger partial charge in [-0.1, -0.05) is 12.1 Å². The van der Waals surface area contributed by atoms with Crippen LogP contribution in [0, 0.1) is 0 Å². The van der Waals surface area contributed by atoms with Gasteiger partial charge in [0.2, 0.25) is 10.0 Å². The van der Waals surface area contributed by atoms with Gasteiger partial charge in [0.25, 0.3) is 0 Å². The summed E-state index contributed by atoms with van der Waals surface area (Å²) in [6.45, 7) is 1.02. The maximum Gasteiger partial charge on any atom is 0.417 e. The molecule has 1 aliphatic rings. The lowest BCUT2D eigenvalue weighted by molar-refractivity contribution is -0.139. The molecule has 1 aromatic carbocycles. The molecule has 0 amide bonds. The molecule has 130 valence electrons. The van der Waals surface area contributed by atoms with Gasteiger partial charge in [0, 0.05) is 37.8 Å². The monoisotopic (exact) mass is 377 g/mol. The second kappa shape index (κ2) is 6.34. The summed E-state index contributed by atoms with van der Waals surface area (Å²) < 4.78 is 65.7. The maximum absolute atomic E-state index is 13.1. The van der Waals surface area contributed by atoms with E-state index < -0.39 is 26.7 Å². The van der Waals surface area contributed by atoms with Gasteiger partial charge in [-0.2, -0.15) is 17.5 Å². The molecule has 0 radical (unpaired) electrons. The average molecular weight is 377 g/mol. The second-order valence-corrected chi connectivity index (χ2v) is 7.98. The largest absolute Gasteiger partial charge is 0.417 e. The summed E-state index contributed by atoms with van der Waals surface area (Å²) in [7, 11) is -4.20. The summed E-state index contributed by atoms with van der Waals surface area (Å²) in [6, 6.07) is 4.28. The second-order valence-electron chi connectivity index (χ2n) is 5.20. The Bertz CT molecular complexity index is 799. The van der Waals surface area contributed by atoms with Gasteiger partial charge in [-0.05, 0) is 12.1 Å². The number of aromatic nitrogens is 1. The van der Waals surface area contributed by atoms with Gasteiger partial charge in [0.05, 0.1) is 10.5 Å². The van der Waals surface area contributed by atoms with Crippen LogP contribution in [0.4, 0.5) is 18.3 Å². The molecule has 3 rings (SSSR count). The number of piperazine rings is 1. The number of hydrogen-bond acceptors (Lipinski definition) is 5. The molecule has 2 heterocycles. The molecule has 0 unspecified atom stereocenters. The van der Waals surface area contributed by atoms with E-state index in [0.717, 1.165) is 21.6 Å². The van der Waals surface area contributed by atoms with Crippen LogP contribution >= 0.6 is 11.3 Å². The van der Waals surface area contributed by atoms with Crippen LogP contribution in [0.1, 0.15) is 5.56 Å². The van der Waals surface area contributed by atoms with Crippen LogP contribution in [-0.2, 0) is 16.2 Å². The van der Waals surface area contributed by atoms with Crippen molar-refractivity contribution in [2.45, 2.75) is 11.1 Å². The minimum atomic E-state index is -4.72. The number of anilines is 1. The molecular weight excluding hydrogens is 363 g/mol. The maximum atomic E-state index is 13.1. The first kappa shape index (κ1) is 17.2. The van der Waals surface area contributed by atoms with Crippen LogP contribution < -0.4 is 4.90 Å². The molecule has 0 saturated carbocycles. The lowest BCUT2D eigenvalue weighted by atomic mass is 10.2. The first-order valence-electron chi connectivity index (χ1n) is 7.11. The van der Waals surface area contributed by atoms with E-state index >= 15 is 0 Å². The van der Waals surface area contributed by atoms with Gasteiger partial charge >= 0.3 is 6.18 Å². The van der Waals surface area contributed by atoms with Crippen LogP contribution in [0.5, 0.6) is 0 Å². The van der Waals surface area contributed by atoms with E-state index in [4.69, 9.17) is 0 Å². The van der Waals surface area contributed by atoms with Gasteiger partial charge < -0.3 is 4.90 Å². The minimum absolute atomic E-state index is 0.119. The van der Waals surface area contributed by atoms with Crippen molar-refractivity contribution < 1.29 is 21.6 Å². The van der Waals surface area contributed by atoms with Gasteiger partial charge in [-0.3, -0.25) is 0 Å². The third kappa shape index (κ3) is 3.26. The van der Waals surface area contributed by atoms with Crippen molar-refractivity contribution in [2.75, 3.05) is 31.1 Å². The Morgan fingerprint density at radius 3 is 2.33 bits per heavy atom. The number of hydrogen-bond donors (Lipinski definition) is 0. The number of thiazole rings is 1. The highest BCUT2D eigenvalue weighted by Crippen LogP contribution is 2.35. The number of alkyl halides is 3. The number of benzene rings is 1. The van der Waals surface area contributed by atoms with Crippen LogP contribution in [0.15, 0.2) is 40.7 Å². The molecular formula is C14H14F3N3O2S2. The highest BCUT2D eigenvalue weighted by Gasteiger charge is 2.39. The van der Waals surface area contributed by atoms with E-state index in [-0.39, 0.29) is 13.1 Å². The topological polar surface area (TPSA) is 53.5 Å². The van der Waals surface area contributed by atoms with Crippen molar-refractivity contribution in [3.05, 3.63) is 41.4 Å². The standard InChI is InChI=1S/C14H14F3N3O2S2/c15-14(16,17)11-3-1-2-4-12(11)24(21,22)20-8-6-19(7-9-20)13-18-5-10-23-13/h1-5,10H,6-9H2. The molecule has 1 aromatic heterocycles. The Hall–Kier alpha value is -1.65. The lowest BCUT2D eigenvalue weighted by Crippen LogP contribution is -2.48. The summed E-state index contributed by atoms with van der Waals surface area (Å²) in [6.07, 6.45) is -3.06. The zero-order chi connectivity index (χ0) is 17.4. The summed E-state index contributed by atoms with van der Waals surface area (Å²) in [5, 5.41) is 2.60. The van der Waals surface area contributed by atoms with Gasteiger partial charge in [0.15, 0.2) is 5.13 Å². The normalized spacial score (nSPS) is 17.2. The quantitative estimate of drug-likeness (QED) is 0.825. The average Bonchev–Trinajstić information content (AvgIpc) is 3.09. The number of rotatable bonds is 3. The smallest absolute Gasteiger partial charge is 0.345 e. The van der Waals surface area contributed by atoms with Crippen molar-refractivity contribution >= 4 is 26.5 Å². The fourth-order valence-corrected chi connectivity index (χ4v) is 4.89. The molecule has 10 heteroatoms. The fraction of sp³-hybridized carbons (Fsp3) is 0.357. The minimum Gasteiger partial charge on any atom is -0.345 e. The molecule has 0 aliphatic carbocycles. The van der Waals surface area contributed by atoms with E-state index in [9.17, 15) is 21.6 Å². The molecule has 5 nitrogen and oxygen atoms in total. The molecule has 0 bridgehead atoms. The first-order chi connectivity index (χ1) is 11.3. The van der Waals surface area contributed by atoms with Gasteiger partial charge in [0.1, 0.15) is 0 Å². The highest BCUT2D eigenvalue weighted by atomic mass is 32.2. The van der Waals surface area contributed by atoms with E-state index in [1.807, 2.05) is 10.3 Å². The molecule has 0 spiro atoms. The van der Waals surface area contributed by atoms with Crippen molar-refractivity contribution in [1.29, 1.82) is 0 Å². The third-order valence-electron chi connectivity index (χ3n) is 3.74. The number of nitrogens with zero attached hydrogens (tertiary/aromatic N) is 3. The predicted octanol–water partition coefficient (Wildman–Crippen LogP) is 2.67. The number of halogens is 3. The van der Waals surface area contributed by atoms with Gasteiger partial charge in [-0.15, -0.1) is 11.3 Å². The Morgan fingerprint density at radius 2 is 1.75 bits per heavy atom. The van der Waals surface area contributed by atoms with Crippen molar-refractivity contribution in [3.8, 4) is 0 Å². The Morgan fingerprint density at radius 1 is 1.08 bits per heavy atom. The fourth-order valence-electron chi connectivity index (χ4n) is 2.56. The first-order valence-corrected chi connectivity index (χ1v) is 9.43. The summed E-state index contributed by atoms with van der Waals surface area (Å²) in [5.41, 5.74) is -1.13. The van der Waals surface area contributed by atoms with E-state index in [2.05, 4.69) is 4.98 Å². The summed E-state index contributed by atoms with van der Waals surface area (Å²) in [4.78, 5) is 5.39. The van der Waals surface area contributed by atoms with E-state index in [0.29, 0.717) is 13.1 Å². The van der Waals surface area contributed by atoms with Crippen LogP contribution in [0.3, 0.4) is 0 Å².